The summed E-state index contributed by atoms with van der Waals surface area (Å²) in [5.74, 6) is -0.172. The quantitative estimate of drug-likeness (QED) is 0.733. The van der Waals surface area contributed by atoms with Gasteiger partial charge in [0, 0.05) is 6.08 Å². The standard InChI is InChI=1S/C17H14N2OS/c1-12-7-9-14-15(11-12)21-17(18-14)19-16(20)10-8-13-5-3-2-4-6-13/h2-11H,1H3,(H,18,19,20). The Morgan fingerprint density at radius 3 is 2.81 bits per heavy atom. The molecule has 0 saturated carbocycles. The van der Waals surface area contributed by atoms with Crippen molar-refractivity contribution in [1.82, 2.24) is 4.98 Å². The van der Waals surface area contributed by atoms with Gasteiger partial charge in [0.1, 0.15) is 0 Å². The van der Waals surface area contributed by atoms with Crippen LogP contribution in [0.15, 0.2) is 54.6 Å². The van der Waals surface area contributed by atoms with Crippen LogP contribution in [0.5, 0.6) is 0 Å². The topological polar surface area (TPSA) is 42.0 Å². The van der Waals surface area contributed by atoms with E-state index >= 15 is 0 Å². The first-order chi connectivity index (χ1) is 10.2. The molecule has 0 saturated heterocycles. The number of amides is 1. The van der Waals surface area contributed by atoms with Gasteiger partial charge in [0.15, 0.2) is 5.13 Å². The van der Waals surface area contributed by atoms with E-state index in [2.05, 4.69) is 16.4 Å². The maximum atomic E-state index is 11.9. The molecule has 0 atom stereocenters. The summed E-state index contributed by atoms with van der Waals surface area (Å²) in [5, 5.41) is 3.43. The zero-order valence-corrected chi connectivity index (χ0v) is 12.4. The molecule has 0 radical (unpaired) electrons. The molecule has 0 fully saturated rings. The maximum Gasteiger partial charge on any atom is 0.250 e. The first kappa shape index (κ1) is 13.5. The van der Waals surface area contributed by atoms with Crippen LogP contribution in [0.3, 0.4) is 0 Å². The maximum absolute atomic E-state index is 11.9. The highest BCUT2D eigenvalue weighted by molar-refractivity contribution is 7.22. The minimum Gasteiger partial charge on any atom is -0.298 e. The van der Waals surface area contributed by atoms with E-state index < -0.39 is 0 Å². The monoisotopic (exact) mass is 294 g/mol. The molecule has 4 heteroatoms. The van der Waals surface area contributed by atoms with E-state index in [9.17, 15) is 4.79 Å². The van der Waals surface area contributed by atoms with Crippen LogP contribution in [0.25, 0.3) is 16.3 Å². The van der Waals surface area contributed by atoms with Crippen molar-refractivity contribution >= 4 is 38.7 Å². The summed E-state index contributed by atoms with van der Waals surface area (Å²) >= 11 is 1.48. The Hall–Kier alpha value is -2.46. The van der Waals surface area contributed by atoms with Crippen LogP contribution in [0.1, 0.15) is 11.1 Å². The zero-order chi connectivity index (χ0) is 14.7. The van der Waals surface area contributed by atoms with Gasteiger partial charge in [-0.15, -0.1) is 0 Å². The van der Waals surface area contributed by atoms with E-state index in [1.165, 1.54) is 23.0 Å². The molecule has 1 N–H and O–H groups in total. The SMILES string of the molecule is Cc1ccc2nc(NC(=O)C=Cc3ccccc3)sc2c1. The van der Waals surface area contributed by atoms with Crippen molar-refractivity contribution < 1.29 is 4.79 Å². The third-order valence-electron chi connectivity index (χ3n) is 3.00. The highest BCUT2D eigenvalue weighted by Crippen LogP contribution is 2.26. The molecule has 0 spiro atoms. The number of fused-ring (bicyclic) bond motifs is 1. The second-order valence-corrected chi connectivity index (χ2v) is 5.75. The average molecular weight is 294 g/mol. The van der Waals surface area contributed by atoms with Gasteiger partial charge in [-0.3, -0.25) is 10.1 Å². The molecule has 0 aliphatic heterocycles. The fourth-order valence-electron chi connectivity index (χ4n) is 1.97. The molecule has 1 heterocycles. The lowest BCUT2D eigenvalue weighted by Gasteiger charge is -1.95. The molecular weight excluding hydrogens is 280 g/mol. The predicted molar refractivity (Wildman–Crippen MR) is 88.5 cm³/mol. The molecular formula is C17H14N2OS. The lowest BCUT2D eigenvalue weighted by atomic mass is 10.2. The van der Waals surface area contributed by atoms with E-state index in [-0.39, 0.29) is 5.91 Å². The Kier molecular flexibility index (Phi) is 3.79. The van der Waals surface area contributed by atoms with Gasteiger partial charge in [-0.1, -0.05) is 47.7 Å². The second-order valence-electron chi connectivity index (χ2n) is 4.72. The molecule has 0 bridgehead atoms. The largest absolute Gasteiger partial charge is 0.298 e. The van der Waals surface area contributed by atoms with Gasteiger partial charge in [0.2, 0.25) is 5.91 Å². The lowest BCUT2D eigenvalue weighted by Crippen LogP contribution is -2.07. The smallest absolute Gasteiger partial charge is 0.250 e. The van der Waals surface area contributed by atoms with Crippen molar-refractivity contribution in [3.63, 3.8) is 0 Å². The summed E-state index contributed by atoms with van der Waals surface area (Å²) in [6, 6.07) is 15.8. The molecule has 1 amide bonds. The molecule has 104 valence electrons. The summed E-state index contributed by atoms with van der Waals surface area (Å²) < 4.78 is 1.08. The number of rotatable bonds is 3. The van der Waals surface area contributed by atoms with E-state index in [0.29, 0.717) is 5.13 Å². The number of aromatic nitrogens is 1. The number of benzene rings is 2. The number of nitrogens with zero attached hydrogens (tertiary/aromatic N) is 1. The number of nitrogens with one attached hydrogen (secondary N) is 1. The van der Waals surface area contributed by atoms with Gasteiger partial charge in [-0.2, -0.15) is 0 Å². The molecule has 21 heavy (non-hydrogen) atoms. The summed E-state index contributed by atoms with van der Waals surface area (Å²) in [6.45, 7) is 2.04. The number of anilines is 1. The van der Waals surface area contributed by atoms with Crippen LogP contribution >= 0.6 is 11.3 Å². The highest BCUT2D eigenvalue weighted by Gasteiger charge is 2.05. The Morgan fingerprint density at radius 1 is 1.19 bits per heavy atom. The van der Waals surface area contributed by atoms with E-state index in [4.69, 9.17) is 0 Å². The van der Waals surface area contributed by atoms with Crippen LogP contribution in [-0.4, -0.2) is 10.9 Å². The van der Waals surface area contributed by atoms with Crippen LogP contribution in [0.2, 0.25) is 0 Å². The van der Waals surface area contributed by atoms with Crippen molar-refractivity contribution in [2.45, 2.75) is 6.92 Å². The van der Waals surface area contributed by atoms with Gasteiger partial charge in [0.05, 0.1) is 10.2 Å². The summed E-state index contributed by atoms with van der Waals surface area (Å²) in [6.07, 6.45) is 3.31. The normalized spacial score (nSPS) is 11.1. The van der Waals surface area contributed by atoms with Gasteiger partial charge >= 0.3 is 0 Å². The Balaban J connectivity index is 1.73. The third kappa shape index (κ3) is 3.35. The summed E-state index contributed by atoms with van der Waals surface area (Å²) in [4.78, 5) is 16.3. The minimum absolute atomic E-state index is 0.172. The number of carbonyl (C=O) groups excluding carboxylic acids is 1. The van der Waals surface area contributed by atoms with Gasteiger partial charge < -0.3 is 0 Å². The number of thiazole rings is 1. The summed E-state index contributed by atoms with van der Waals surface area (Å²) in [7, 11) is 0. The van der Waals surface area contributed by atoms with E-state index in [1.54, 1.807) is 6.08 Å². The average Bonchev–Trinajstić information content (AvgIpc) is 2.87. The zero-order valence-electron chi connectivity index (χ0n) is 11.5. The van der Waals surface area contributed by atoms with Crippen molar-refractivity contribution in [3.05, 3.63) is 65.7 Å². The minimum atomic E-state index is -0.172. The first-order valence-electron chi connectivity index (χ1n) is 6.62. The molecule has 0 unspecified atom stereocenters. The lowest BCUT2D eigenvalue weighted by molar-refractivity contribution is -0.111. The molecule has 3 aromatic rings. The Labute approximate surface area is 127 Å². The fourth-order valence-corrected chi connectivity index (χ4v) is 2.94. The van der Waals surface area contributed by atoms with Crippen LogP contribution in [-0.2, 0) is 4.79 Å². The van der Waals surface area contributed by atoms with Crippen LogP contribution in [0.4, 0.5) is 5.13 Å². The van der Waals surface area contributed by atoms with E-state index in [0.717, 1.165) is 15.8 Å². The molecule has 3 rings (SSSR count). The van der Waals surface area contributed by atoms with Crippen LogP contribution < -0.4 is 5.32 Å². The Morgan fingerprint density at radius 2 is 2.00 bits per heavy atom. The van der Waals surface area contributed by atoms with Crippen molar-refractivity contribution in [3.8, 4) is 0 Å². The van der Waals surface area contributed by atoms with E-state index in [1.807, 2.05) is 49.4 Å². The molecule has 0 aliphatic rings. The number of hydrogen-bond donors (Lipinski definition) is 1. The first-order valence-corrected chi connectivity index (χ1v) is 7.44. The second kappa shape index (κ2) is 5.89. The molecule has 3 nitrogen and oxygen atoms in total. The number of carbonyl (C=O) groups is 1. The van der Waals surface area contributed by atoms with Gasteiger partial charge in [-0.05, 0) is 36.3 Å². The van der Waals surface area contributed by atoms with Crippen molar-refractivity contribution in [1.29, 1.82) is 0 Å². The van der Waals surface area contributed by atoms with Crippen molar-refractivity contribution in [2.75, 3.05) is 5.32 Å². The number of hydrogen-bond acceptors (Lipinski definition) is 3. The molecule has 1 aromatic heterocycles. The Bertz CT molecular complexity index is 806. The van der Waals surface area contributed by atoms with Gasteiger partial charge in [0.25, 0.3) is 0 Å². The van der Waals surface area contributed by atoms with Gasteiger partial charge in [-0.25, -0.2) is 4.98 Å². The number of aryl methyl sites for hydroxylation is 1. The van der Waals surface area contributed by atoms with Crippen molar-refractivity contribution in [2.24, 2.45) is 0 Å². The summed E-state index contributed by atoms with van der Waals surface area (Å²) in [5.41, 5.74) is 3.09. The molecule has 2 aromatic carbocycles. The predicted octanol–water partition coefficient (Wildman–Crippen LogP) is 4.26. The molecule has 0 aliphatic carbocycles. The third-order valence-corrected chi connectivity index (χ3v) is 3.93. The van der Waals surface area contributed by atoms with Crippen LogP contribution in [0, 0.1) is 6.92 Å². The highest BCUT2D eigenvalue weighted by atomic mass is 32.1. The fraction of sp³-hybridized carbons (Fsp3) is 0.0588.